The lowest BCUT2D eigenvalue weighted by molar-refractivity contribution is 0.0543. The van der Waals surface area contributed by atoms with E-state index in [4.69, 9.17) is 9.47 Å². The Bertz CT molecular complexity index is 688. The first-order valence-electron chi connectivity index (χ1n) is 6.43. The zero-order valence-corrected chi connectivity index (χ0v) is 16.1. The van der Waals surface area contributed by atoms with Crippen molar-refractivity contribution in [3.05, 3.63) is 27.5 Å². The summed E-state index contributed by atoms with van der Waals surface area (Å²) in [4.78, 5) is 12.4. The minimum Gasteiger partial charge on any atom is -0.494 e. The molecule has 0 radical (unpaired) electrons. The van der Waals surface area contributed by atoms with Gasteiger partial charge in [-0.3, -0.25) is 0 Å². The molecule has 6 heteroatoms. The monoisotopic (exact) mass is 465 g/mol. The molecule has 2 aromatic rings. The first-order valence-corrected chi connectivity index (χ1v) is 8.63. The standard InChI is InChI=1S/C15H17BrINO3/c1-15(2,3)21-14(19)18-8-9(7-16)11-5-10(17)6-12(20-4)13(11)18/h5-6,8H,7H2,1-4H3. The second-order valence-corrected chi connectivity index (χ2v) is 7.45. The van der Waals surface area contributed by atoms with Crippen LogP contribution in [0.2, 0.25) is 0 Å². The highest BCUT2D eigenvalue weighted by Crippen LogP contribution is 2.33. The number of alkyl halides is 1. The van der Waals surface area contributed by atoms with Gasteiger partial charge in [0.1, 0.15) is 16.9 Å². The number of carbonyl (C=O) groups is 1. The number of nitrogens with zero attached hydrogens (tertiary/aromatic N) is 1. The average molecular weight is 466 g/mol. The van der Waals surface area contributed by atoms with Gasteiger partial charge < -0.3 is 9.47 Å². The van der Waals surface area contributed by atoms with E-state index in [1.165, 1.54) is 4.57 Å². The second kappa shape index (κ2) is 6.16. The average Bonchev–Trinajstić information content (AvgIpc) is 2.74. The smallest absolute Gasteiger partial charge is 0.419 e. The Morgan fingerprint density at radius 1 is 1.38 bits per heavy atom. The third-order valence-corrected chi connectivity index (χ3v) is 4.09. The number of methoxy groups -OCH3 is 1. The number of hydrogen-bond donors (Lipinski definition) is 0. The Morgan fingerprint density at radius 2 is 2.05 bits per heavy atom. The summed E-state index contributed by atoms with van der Waals surface area (Å²) in [5.41, 5.74) is 1.22. The van der Waals surface area contributed by atoms with Gasteiger partial charge in [0.05, 0.1) is 7.11 Å². The molecule has 4 nitrogen and oxygen atoms in total. The summed E-state index contributed by atoms with van der Waals surface area (Å²) in [6, 6.07) is 3.94. The second-order valence-electron chi connectivity index (χ2n) is 5.64. The molecular formula is C15H17BrINO3. The predicted molar refractivity (Wildman–Crippen MR) is 95.5 cm³/mol. The van der Waals surface area contributed by atoms with E-state index >= 15 is 0 Å². The van der Waals surface area contributed by atoms with Crippen LogP contribution in [0.5, 0.6) is 5.75 Å². The maximum absolute atomic E-state index is 12.4. The number of rotatable bonds is 2. The van der Waals surface area contributed by atoms with E-state index in [0.29, 0.717) is 11.1 Å². The van der Waals surface area contributed by atoms with Crippen molar-refractivity contribution in [2.75, 3.05) is 7.11 Å². The highest BCUT2D eigenvalue weighted by molar-refractivity contribution is 14.1. The van der Waals surface area contributed by atoms with Crippen LogP contribution in [0.3, 0.4) is 0 Å². The first-order chi connectivity index (χ1) is 9.76. The molecule has 0 amide bonds. The van der Waals surface area contributed by atoms with Crippen LogP contribution in [0, 0.1) is 3.57 Å². The number of benzene rings is 1. The van der Waals surface area contributed by atoms with E-state index < -0.39 is 11.7 Å². The minimum atomic E-state index is -0.543. The topological polar surface area (TPSA) is 40.5 Å². The van der Waals surface area contributed by atoms with Crippen molar-refractivity contribution in [1.82, 2.24) is 4.57 Å². The van der Waals surface area contributed by atoms with Gasteiger partial charge in [0.2, 0.25) is 0 Å². The SMILES string of the molecule is COc1cc(I)cc2c(CBr)cn(C(=O)OC(C)(C)C)c12. The van der Waals surface area contributed by atoms with Gasteiger partial charge >= 0.3 is 6.09 Å². The fraction of sp³-hybridized carbons (Fsp3) is 0.400. The van der Waals surface area contributed by atoms with Crippen LogP contribution in [0.4, 0.5) is 4.79 Å². The van der Waals surface area contributed by atoms with E-state index in [1.54, 1.807) is 13.3 Å². The van der Waals surface area contributed by atoms with Crippen molar-refractivity contribution >= 4 is 55.5 Å². The Kier molecular flexibility index (Phi) is 4.87. The van der Waals surface area contributed by atoms with Crippen LogP contribution in [-0.4, -0.2) is 23.4 Å². The molecule has 0 aliphatic heterocycles. The summed E-state index contributed by atoms with van der Waals surface area (Å²) < 4.78 is 13.5. The van der Waals surface area contributed by atoms with Gasteiger partial charge in [-0.25, -0.2) is 9.36 Å². The highest BCUT2D eigenvalue weighted by Gasteiger charge is 2.22. The van der Waals surface area contributed by atoms with E-state index in [2.05, 4.69) is 38.5 Å². The summed E-state index contributed by atoms with van der Waals surface area (Å²) in [5, 5.41) is 1.64. The third kappa shape index (κ3) is 3.53. The van der Waals surface area contributed by atoms with Gasteiger partial charge in [-0.05, 0) is 61.1 Å². The lowest BCUT2D eigenvalue weighted by Gasteiger charge is -2.20. The van der Waals surface area contributed by atoms with Crippen molar-refractivity contribution in [1.29, 1.82) is 0 Å². The zero-order chi connectivity index (χ0) is 15.8. The van der Waals surface area contributed by atoms with E-state index in [-0.39, 0.29) is 0 Å². The molecule has 1 aromatic carbocycles. The van der Waals surface area contributed by atoms with Crippen molar-refractivity contribution in [3.63, 3.8) is 0 Å². The molecule has 0 saturated heterocycles. The van der Waals surface area contributed by atoms with Gasteiger partial charge in [-0.15, -0.1) is 0 Å². The highest BCUT2D eigenvalue weighted by atomic mass is 127. The Morgan fingerprint density at radius 3 is 2.57 bits per heavy atom. The normalized spacial score (nSPS) is 11.7. The molecule has 0 bridgehead atoms. The van der Waals surface area contributed by atoms with Gasteiger partial charge in [-0.1, -0.05) is 15.9 Å². The van der Waals surface area contributed by atoms with Gasteiger partial charge in [-0.2, -0.15) is 0 Å². The number of carbonyl (C=O) groups excluding carboxylic acids is 1. The molecule has 2 rings (SSSR count). The lowest BCUT2D eigenvalue weighted by Crippen LogP contribution is -2.26. The molecule has 0 atom stereocenters. The molecule has 0 saturated carbocycles. The molecule has 0 spiro atoms. The molecule has 0 aliphatic rings. The molecule has 1 heterocycles. The fourth-order valence-corrected chi connectivity index (χ4v) is 3.12. The zero-order valence-electron chi connectivity index (χ0n) is 12.4. The Balaban J connectivity index is 2.66. The predicted octanol–water partition coefficient (Wildman–Crippen LogP) is 4.93. The minimum absolute atomic E-state index is 0.404. The number of aromatic nitrogens is 1. The number of ether oxygens (including phenoxy) is 2. The maximum atomic E-state index is 12.4. The number of halogens is 2. The quantitative estimate of drug-likeness (QED) is 0.466. The van der Waals surface area contributed by atoms with Gasteiger partial charge in [0.25, 0.3) is 0 Å². The summed E-state index contributed by atoms with van der Waals surface area (Å²) in [5.74, 6) is 0.662. The van der Waals surface area contributed by atoms with E-state index in [9.17, 15) is 4.79 Å². The van der Waals surface area contributed by atoms with Crippen LogP contribution in [0.1, 0.15) is 26.3 Å². The van der Waals surface area contributed by atoms with Crippen LogP contribution < -0.4 is 4.74 Å². The Hall–Kier alpha value is -0.760. The molecular weight excluding hydrogens is 449 g/mol. The summed E-state index contributed by atoms with van der Waals surface area (Å²) in [7, 11) is 1.60. The lowest BCUT2D eigenvalue weighted by atomic mass is 10.2. The van der Waals surface area contributed by atoms with Crippen molar-refractivity contribution in [3.8, 4) is 5.75 Å². The summed E-state index contributed by atoms with van der Waals surface area (Å²) in [6.07, 6.45) is 1.39. The third-order valence-electron chi connectivity index (χ3n) is 2.87. The summed E-state index contributed by atoms with van der Waals surface area (Å²) >= 11 is 5.70. The molecule has 0 aliphatic carbocycles. The number of fused-ring (bicyclic) bond motifs is 1. The van der Waals surface area contributed by atoms with Crippen molar-refractivity contribution in [2.24, 2.45) is 0 Å². The maximum Gasteiger partial charge on any atom is 0.419 e. The Labute approximate surface area is 146 Å². The molecule has 114 valence electrons. The van der Waals surface area contributed by atoms with Crippen molar-refractivity contribution in [2.45, 2.75) is 31.7 Å². The largest absolute Gasteiger partial charge is 0.494 e. The molecule has 21 heavy (non-hydrogen) atoms. The molecule has 1 aromatic heterocycles. The van der Waals surface area contributed by atoms with Crippen LogP contribution in [-0.2, 0) is 10.1 Å². The van der Waals surface area contributed by atoms with E-state index in [1.807, 2.05) is 32.9 Å². The van der Waals surface area contributed by atoms with Crippen LogP contribution in [0.15, 0.2) is 18.3 Å². The van der Waals surface area contributed by atoms with Gasteiger partial charge in [0.15, 0.2) is 0 Å². The van der Waals surface area contributed by atoms with E-state index in [0.717, 1.165) is 20.0 Å². The fourth-order valence-electron chi connectivity index (χ4n) is 2.07. The molecule has 0 unspecified atom stereocenters. The molecule has 0 fully saturated rings. The number of hydrogen-bond acceptors (Lipinski definition) is 3. The first kappa shape index (κ1) is 16.6. The van der Waals surface area contributed by atoms with Crippen LogP contribution >= 0.6 is 38.5 Å². The van der Waals surface area contributed by atoms with Crippen LogP contribution in [0.25, 0.3) is 10.9 Å². The van der Waals surface area contributed by atoms with Crippen molar-refractivity contribution < 1.29 is 14.3 Å². The summed E-state index contributed by atoms with van der Waals surface area (Å²) in [6.45, 7) is 5.55. The molecule has 0 N–H and O–H groups in total. The van der Waals surface area contributed by atoms with Gasteiger partial charge in [0, 0.05) is 20.5 Å².